The Balaban J connectivity index is 1.34. The summed E-state index contributed by atoms with van der Waals surface area (Å²) in [6.07, 6.45) is 1.84. The second kappa shape index (κ2) is 9.37. The van der Waals surface area contributed by atoms with Crippen LogP contribution in [0, 0.1) is 13.8 Å². The fourth-order valence-corrected chi connectivity index (χ4v) is 4.00. The van der Waals surface area contributed by atoms with Crippen molar-refractivity contribution in [3.05, 3.63) is 98.3 Å². The molecule has 4 aromatic rings. The van der Waals surface area contributed by atoms with Crippen LogP contribution in [0.1, 0.15) is 31.9 Å². The van der Waals surface area contributed by atoms with Crippen LogP contribution in [0.4, 0.5) is 5.82 Å². The second-order valence-corrected chi connectivity index (χ2v) is 8.63. The Labute approximate surface area is 190 Å². The van der Waals surface area contributed by atoms with Crippen molar-refractivity contribution >= 4 is 34.7 Å². The lowest BCUT2D eigenvalue weighted by atomic mass is 10.1. The summed E-state index contributed by atoms with van der Waals surface area (Å²) in [6.45, 7) is 5.13. The number of aryl methyl sites for hydroxylation is 1. The van der Waals surface area contributed by atoms with E-state index in [4.69, 9.17) is 16.3 Å². The van der Waals surface area contributed by atoms with Gasteiger partial charge in [0.15, 0.2) is 5.82 Å². The Morgan fingerprint density at radius 2 is 1.94 bits per heavy atom. The molecule has 0 unspecified atom stereocenters. The molecule has 1 N–H and O–H groups in total. The van der Waals surface area contributed by atoms with E-state index in [1.54, 1.807) is 10.7 Å². The second-order valence-electron chi connectivity index (χ2n) is 7.29. The van der Waals surface area contributed by atoms with Crippen molar-refractivity contribution in [2.45, 2.75) is 27.0 Å². The number of carbonyl (C=O) groups is 1. The Morgan fingerprint density at radius 1 is 1.13 bits per heavy atom. The number of ether oxygens (including phenoxy) is 1. The Morgan fingerprint density at radius 3 is 2.74 bits per heavy atom. The van der Waals surface area contributed by atoms with Gasteiger partial charge in [-0.25, -0.2) is 0 Å². The first kappa shape index (κ1) is 21.2. The van der Waals surface area contributed by atoms with E-state index in [0.717, 1.165) is 22.4 Å². The molecule has 7 heteroatoms. The number of aromatic nitrogens is 2. The van der Waals surface area contributed by atoms with Crippen molar-refractivity contribution in [1.29, 1.82) is 0 Å². The summed E-state index contributed by atoms with van der Waals surface area (Å²) in [7, 11) is 0. The van der Waals surface area contributed by atoms with Crippen LogP contribution in [-0.2, 0) is 13.2 Å². The largest absolute Gasteiger partial charge is 0.489 e. The predicted octanol–water partition coefficient (Wildman–Crippen LogP) is 6.09. The van der Waals surface area contributed by atoms with E-state index in [-0.39, 0.29) is 5.91 Å². The van der Waals surface area contributed by atoms with Gasteiger partial charge in [-0.1, -0.05) is 35.9 Å². The maximum Gasteiger partial charge on any atom is 0.266 e. The minimum Gasteiger partial charge on any atom is -0.489 e. The maximum absolute atomic E-state index is 12.6. The van der Waals surface area contributed by atoms with Gasteiger partial charge in [0, 0.05) is 22.8 Å². The molecule has 2 aromatic heterocycles. The smallest absolute Gasteiger partial charge is 0.266 e. The van der Waals surface area contributed by atoms with Gasteiger partial charge in [-0.05, 0) is 60.2 Å². The highest BCUT2D eigenvalue weighted by atomic mass is 35.5. The molecule has 31 heavy (non-hydrogen) atoms. The molecule has 0 fully saturated rings. The number of amides is 1. The number of halogens is 1. The summed E-state index contributed by atoms with van der Waals surface area (Å²) in [6, 6.07) is 17.3. The SMILES string of the molecule is Cc1cccc(OCc2csc(C(=O)Nc3ccn(Cc4ccc(Cl)cc4)n3)c2)c1C. The molecule has 0 aliphatic carbocycles. The van der Waals surface area contributed by atoms with Crippen molar-refractivity contribution in [2.24, 2.45) is 0 Å². The van der Waals surface area contributed by atoms with Crippen LogP contribution in [0.2, 0.25) is 5.02 Å². The molecule has 0 atom stereocenters. The highest BCUT2D eigenvalue weighted by molar-refractivity contribution is 7.12. The van der Waals surface area contributed by atoms with E-state index >= 15 is 0 Å². The fourth-order valence-electron chi connectivity index (χ4n) is 3.08. The summed E-state index contributed by atoms with van der Waals surface area (Å²) in [5.41, 5.74) is 4.37. The van der Waals surface area contributed by atoms with Gasteiger partial charge in [-0.2, -0.15) is 5.10 Å². The normalized spacial score (nSPS) is 10.8. The Bertz CT molecular complexity index is 1200. The number of anilines is 1. The first-order chi connectivity index (χ1) is 15.0. The highest BCUT2D eigenvalue weighted by Crippen LogP contribution is 2.23. The predicted molar refractivity (Wildman–Crippen MR) is 125 cm³/mol. The standard InChI is InChI=1S/C24H22ClN3O2S/c1-16-4-3-5-21(17(16)2)30-14-19-12-22(31-15-19)24(29)26-23-10-11-28(27-23)13-18-6-8-20(25)9-7-18/h3-12,15H,13-14H2,1-2H3,(H,26,27,29). The van der Waals surface area contributed by atoms with Crippen LogP contribution in [0.3, 0.4) is 0 Å². The number of hydrogen-bond donors (Lipinski definition) is 1. The van der Waals surface area contributed by atoms with E-state index in [2.05, 4.69) is 23.4 Å². The molecule has 0 saturated heterocycles. The number of nitrogens with zero attached hydrogens (tertiary/aromatic N) is 2. The van der Waals surface area contributed by atoms with Crippen molar-refractivity contribution in [2.75, 3.05) is 5.32 Å². The van der Waals surface area contributed by atoms with E-state index in [1.807, 2.05) is 61.0 Å². The van der Waals surface area contributed by atoms with E-state index in [0.29, 0.717) is 28.9 Å². The zero-order valence-corrected chi connectivity index (χ0v) is 18.8. The minimum atomic E-state index is -0.181. The van der Waals surface area contributed by atoms with Gasteiger partial charge in [-0.3, -0.25) is 9.48 Å². The van der Waals surface area contributed by atoms with Gasteiger partial charge in [0.25, 0.3) is 5.91 Å². The first-order valence-corrected chi connectivity index (χ1v) is 11.1. The summed E-state index contributed by atoms with van der Waals surface area (Å²) >= 11 is 7.31. The zero-order valence-electron chi connectivity index (χ0n) is 17.3. The van der Waals surface area contributed by atoms with E-state index in [1.165, 1.54) is 16.9 Å². The number of nitrogens with one attached hydrogen (secondary N) is 1. The van der Waals surface area contributed by atoms with Crippen molar-refractivity contribution in [3.63, 3.8) is 0 Å². The highest BCUT2D eigenvalue weighted by Gasteiger charge is 2.12. The molecule has 0 spiro atoms. The van der Waals surface area contributed by atoms with Gasteiger partial charge < -0.3 is 10.1 Å². The molecule has 5 nitrogen and oxygen atoms in total. The summed E-state index contributed by atoms with van der Waals surface area (Å²) in [4.78, 5) is 13.2. The fraction of sp³-hybridized carbons (Fsp3) is 0.167. The number of carbonyl (C=O) groups excluding carboxylic acids is 1. The van der Waals surface area contributed by atoms with Gasteiger partial charge in [0.2, 0.25) is 0 Å². The van der Waals surface area contributed by atoms with Crippen LogP contribution in [0.25, 0.3) is 0 Å². The first-order valence-electron chi connectivity index (χ1n) is 9.83. The lowest BCUT2D eigenvalue weighted by Gasteiger charge is -2.09. The van der Waals surface area contributed by atoms with Gasteiger partial charge in [0.05, 0.1) is 11.4 Å². The lowest BCUT2D eigenvalue weighted by Crippen LogP contribution is -2.11. The summed E-state index contributed by atoms with van der Waals surface area (Å²) in [5, 5.41) is 9.93. The monoisotopic (exact) mass is 451 g/mol. The number of hydrogen-bond acceptors (Lipinski definition) is 4. The Kier molecular flexibility index (Phi) is 6.39. The molecule has 0 radical (unpaired) electrons. The average Bonchev–Trinajstić information content (AvgIpc) is 3.40. The van der Waals surface area contributed by atoms with Gasteiger partial charge in [0.1, 0.15) is 12.4 Å². The number of rotatable bonds is 7. The van der Waals surface area contributed by atoms with Crippen molar-refractivity contribution in [3.8, 4) is 5.75 Å². The summed E-state index contributed by atoms with van der Waals surface area (Å²) in [5.74, 6) is 1.20. The van der Waals surface area contributed by atoms with Crippen LogP contribution in [0.15, 0.2) is 66.2 Å². The maximum atomic E-state index is 12.6. The third-order valence-corrected chi connectivity index (χ3v) is 6.20. The molecule has 158 valence electrons. The summed E-state index contributed by atoms with van der Waals surface area (Å²) < 4.78 is 7.71. The van der Waals surface area contributed by atoms with Crippen molar-refractivity contribution in [1.82, 2.24) is 9.78 Å². The van der Waals surface area contributed by atoms with Crippen LogP contribution in [-0.4, -0.2) is 15.7 Å². The minimum absolute atomic E-state index is 0.181. The molecule has 2 heterocycles. The molecule has 2 aromatic carbocycles. The third-order valence-electron chi connectivity index (χ3n) is 4.97. The van der Waals surface area contributed by atoms with E-state index in [9.17, 15) is 4.79 Å². The average molecular weight is 452 g/mol. The zero-order chi connectivity index (χ0) is 21.8. The lowest BCUT2D eigenvalue weighted by molar-refractivity contribution is 0.103. The van der Waals surface area contributed by atoms with E-state index < -0.39 is 0 Å². The topological polar surface area (TPSA) is 56.1 Å². The number of thiophene rings is 1. The molecule has 1 amide bonds. The molecule has 0 bridgehead atoms. The van der Waals surface area contributed by atoms with Gasteiger partial charge >= 0.3 is 0 Å². The van der Waals surface area contributed by atoms with Crippen LogP contribution >= 0.6 is 22.9 Å². The number of benzene rings is 2. The van der Waals surface area contributed by atoms with Crippen LogP contribution in [0.5, 0.6) is 5.75 Å². The molecule has 0 aliphatic rings. The molecular weight excluding hydrogens is 430 g/mol. The Hall–Kier alpha value is -3.09. The molecule has 4 rings (SSSR count). The molecule has 0 aliphatic heterocycles. The van der Waals surface area contributed by atoms with Gasteiger partial charge in [-0.15, -0.1) is 11.3 Å². The quantitative estimate of drug-likeness (QED) is 0.369. The van der Waals surface area contributed by atoms with Crippen molar-refractivity contribution < 1.29 is 9.53 Å². The molecular formula is C24H22ClN3O2S. The molecule has 0 saturated carbocycles. The third kappa shape index (κ3) is 5.34. The van der Waals surface area contributed by atoms with Crippen LogP contribution < -0.4 is 10.1 Å².